The molecule has 0 bridgehead atoms. The minimum atomic E-state index is -0.444. The maximum Gasteiger partial charge on any atom is 0.295 e. The molecule has 0 atom stereocenters. The van der Waals surface area contributed by atoms with Crippen molar-refractivity contribution in [3.05, 3.63) is 46.4 Å². The fraction of sp³-hybridized carbons (Fsp3) is 0.154. The normalized spacial score (nSPS) is 10.0. The Balaban J connectivity index is 2.32. The molecule has 0 aliphatic carbocycles. The molecule has 0 radical (unpaired) electrons. The molecule has 0 unspecified atom stereocenters. The van der Waals surface area contributed by atoms with E-state index < -0.39 is 5.56 Å². The summed E-state index contributed by atoms with van der Waals surface area (Å²) in [6, 6.07) is 8.93. The summed E-state index contributed by atoms with van der Waals surface area (Å²) < 4.78 is 5.48. The standard InChI is InChI=1S/C13H13N3O3/c1-8-11(19-10-6-4-3-5-7-10)12(18)16-13(14-8)15-9(2)17/h3-7H,1-2H3,(H2,14,15,16,17,18). The average molecular weight is 259 g/mol. The van der Waals surface area contributed by atoms with E-state index in [4.69, 9.17) is 4.74 Å². The lowest BCUT2D eigenvalue weighted by atomic mass is 10.3. The topological polar surface area (TPSA) is 84.1 Å². The molecule has 0 aliphatic rings. The van der Waals surface area contributed by atoms with Gasteiger partial charge in [-0.1, -0.05) is 18.2 Å². The van der Waals surface area contributed by atoms with Crippen LogP contribution >= 0.6 is 0 Å². The number of anilines is 1. The van der Waals surface area contributed by atoms with Crippen LogP contribution in [0, 0.1) is 6.92 Å². The summed E-state index contributed by atoms with van der Waals surface area (Å²) in [5.74, 6) is 0.458. The van der Waals surface area contributed by atoms with Crippen molar-refractivity contribution in [1.82, 2.24) is 9.97 Å². The Labute approximate surface area is 109 Å². The van der Waals surface area contributed by atoms with E-state index in [0.717, 1.165) is 0 Å². The smallest absolute Gasteiger partial charge is 0.295 e. The fourth-order valence-corrected chi connectivity index (χ4v) is 1.53. The van der Waals surface area contributed by atoms with Crippen molar-refractivity contribution in [1.29, 1.82) is 0 Å². The maximum atomic E-state index is 11.9. The van der Waals surface area contributed by atoms with Gasteiger partial charge < -0.3 is 4.74 Å². The van der Waals surface area contributed by atoms with Crippen LogP contribution in [0.4, 0.5) is 5.95 Å². The first-order chi connectivity index (χ1) is 9.06. The SMILES string of the molecule is CC(=O)Nc1nc(C)c(Oc2ccccc2)c(=O)[nH]1. The van der Waals surface area contributed by atoms with Gasteiger partial charge in [-0.25, -0.2) is 4.98 Å². The van der Waals surface area contributed by atoms with Gasteiger partial charge >= 0.3 is 0 Å². The second-order valence-electron chi connectivity index (χ2n) is 3.93. The largest absolute Gasteiger partial charge is 0.450 e. The molecule has 98 valence electrons. The molecular weight excluding hydrogens is 246 g/mol. The van der Waals surface area contributed by atoms with Crippen LogP contribution in [0.15, 0.2) is 35.1 Å². The second kappa shape index (κ2) is 5.34. The Hall–Kier alpha value is -2.63. The van der Waals surface area contributed by atoms with E-state index in [1.54, 1.807) is 31.2 Å². The first-order valence-electron chi connectivity index (χ1n) is 5.67. The number of amides is 1. The van der Waals surface area contributed by atoms with Crippen LogP contribution in [-0.2, 0) is 4.79 Å². The van der Waals surface area contributed by atoms with Gasteiger partial charge in [-0.3, -0.25) is 19.9 Å². The Kier molecular flexibility index (Phi) is 3.61. The summed E-state index contributed by atoms with van der Waals surface area (Å²) in [5, 5.41) is 2.42. The summed E-state index contributed by atoms with van der Waals surface area (Å²) in [4.78, 5) is 29.3. The molecule has 2 aromatic rings. The summed E-state index contributed by atoms with van der Waals surface area (Å²) in [7, 11) is 0. The summed E-state index contributed by atoms with van der Waals surface area (Å²) >= 11 is 0. The number of rotatable bonds is 3. The predicted octanol–water partition coefficient (Wildman–Crippen LogP) is 1.83. The van der Waals surface area contributed by atoms with E-state index in [1.807, 2.05) is 6.07 Å². The van der Waals surface area contributed by atoms with E-state index in [-0.39, 0.29) is 17.6 Å². The Morgan fingerprint density at radius 1 is 1.32 bits per heavy atom. The minimum absolute atomic E-state index is 0.107. The molecule has 6 heteroatoms. The van der Waals surface area contributed by atoms with Gasteiger partial charge in [-0.05, 0) is 19.1 Å². The van der Waals surface area contributed by atoms with Crippen molar-refractivity contribution in [3.63, 3.8) is 0 Å². The number of hydrogen-bond donors (Lipinski definition) is 2. The number of hydrogen-bond acceptors (Lipinski definition) is 4. The van der Waals surface area contributed by atoms with Gasteiger partial charge in [0.15, 0.2) is 0 Å². The first-order valence-corrected chi connectivity index (χ1v) is 5.67. The van der Waals surface area contributed by atoms with Gasteiger partial charge in [0.2, 0.25) is 17.6 Å². The van der Waals surface area contributed by atoms with Gasteiger partial charge in [0.1, 0.15) is 5.75 Å². The average Bonchev–Trinajstić information content (AvgIpc) is 2.34. The number of carbonyl (C=O) groups is 1. The number of nitrogens with one attached hydrogen (secondary N) is 2. The number of para-hydroxylation sites is 1. The maximum absolute atomic E-state index is 11.9. The molecule has 0 saturated heterocycles. The molecule has 0 saturated carbocycles. The van der Waals surface area contributed by atoms with Crippen molar-refractivity contribution < 1.29 is 9.53 Å². The third kappa shape index (κ3) is 3.19. The van der Waals surface area contributed by atoms with Crippen molar-refractivity contribution in [3.8, 4) is 11.5 Å². The van der Waals surface area contributed by atoms with Crippen LogP contribution < -0.4 is 15.6 Å². The molecule has 1 aromatic carbocycles. The monoisotopic (exact) mass is 259 g/mol. The van der Waals surface area contributed by atoms with E-state index in [1.165, 1.54) is 6.92 Å². The molecule has 0 spiro atoms. The first kappa shape index (κ1) is 12.8. The van der Waals surface area contributed by atoms with E-state index in [0.29, 0.717) is 11.4 Å². The zero-order valence-electron chi connectivity index (χ0n) is 10.6. The zero-order chi connectivity index (χ0) is 13.8. The fourth-order valence-electron chi connectivity index (χ4n) is 1.53. The predicted molar refractivity (Wildman–Crippen MR) is 70.4 cm³/mol. The highest BCUT2D eigenvalue weighted by atomic mass is 16.5. The van der Waals surface area contributed by atoms with Crippen LogP contribution in [0.1, 0.15) is 12.6 Å². The molecular formula is C13H13N3O3. The number of aromatic amines is 1. The highest BCUT2D eigenvalue weighted by molar-refractivity contribution is 5.86. The minimum Gasteiger partial charge on any atom is -0.450 e. The number of benzene rings is 1. The number of H-pyrrole nitrogens is 1. The number of nitrogens with zero attached hydrogens (tertiary/aromatic N) is 1. The summed E-state index contributed by atoms with van der Waals surface area (Å²) in [6.45, 7) is 2.97. The number of ether oxygens (including phenoxy) is 1. The van der Waals surface area contributed by atoms with Crippen LogP contribution in [-0.4, -0.2) is 15.9 Å². The molecule has 6 nitrogen and oxygen atoms in total. The molecule has 1 aromatic heterocycles. The van der Waals surface area contributed by atoms with Crippen LogP contribution in [0.3, 0.4) is 0 Å². The second-order valence-corrected chi connectivity index (χ2v) is 3.93. The molecule has 1 heterocycles. The molecule has 2 rings (SSSR count). The highest BCUT2D eigenvalue weighted by Gasteiger charge is 2.11. The van der Waals surface area contributed by atoms with Crippen molar-refractivity contribution in [2.75, 3.05) is 5.32 Å². The molecule has 19 heavy (non-hydrogen) atoms. The van der Waals surface area contributed by atoms with E-state index >= 15 is 0 Å². The summed E-state index contributed by atoms with van der Waals surface area (Å²) in [6.07, 6.45) is 0. The molecule has 2 N–H and O–H groups in total. The Bertz CT molecular complexity index is 650. The molecule has 0 fully saturated rings. The van der Waals surface area contributed by atoms with Gasteiger partial charge in [0, 0.05) is 6.92 Å². The lowest BCUT2D eigenvalue weighted by molar-refractivity contribution is -0.114. The van der Waals surface area contributed by atoms with Crippen molar-refractivity contribution in [2.45, 2.75) is 13.8 Å². The molecule has 1 amide bonds. The lowest BCUT2D eigenvalue weighted by Crippen LogP contribution is -2.18. The quantitative estimate of drug-likeness (QED) is 0.880. The van der Waals surface area contributed by atoms with Gasteiger partial charge in [0.05, 0.1) is 5.69 Å². The highest BCUT2D eigenvalue weighted by Crippen LogP contribution is 2.19. The van der Waals surface area contributed by atoms with E-state index in [9.17, 15) is 9.59 Å². The van der Waals surface area contributed by atoms with Crippen LogP contribution in [0.25, 0.3) is 0 Å². The van der Waals surface area contributed by atoms with Gasteiger partial charge in [-0.15, -0.1) is 0 Å². The van der Waals surface area contributed by atoms with E-state index in [2.05, 4.69) is 15.3 Å². The van der Waals surface area contributed by atoms with Gasteiger partial charge in [-0.2, -0.15) is 0 Å². The number of carbonyl (C=O) groups excluding carboxylic acids is 1. The third-order valence-electron chi connectivity index (χ3n) is 2.30. The zero-order valence-corrected chi connectivity index (χ0v) is 10.6. The number of aromatic nitrogens is 2. The Morgan fingerprint density at radius 2 is 2.00 bits per heavy atom. The van der Waals surface area contributed by atoms with Crippen LogP contribution in [0.2, 0.25) is 0 Å². The number of aryl methyl sites for hydroxylation is 1. The summed E-state index contributed by atoms with van der Waals surface area (Å²) in [5.41, 5.74) is -0.0449. The van der Waals surface area contributed by atoms with Gasteiger partial charge in [0.25, 0.3) is 5.56 Å². The third-order valence-corrected chi connectivity index (χ3v) is 2.30. The lowest BCUT2D eigenvalue weighted by Gasteiger charge is -2.08. The van der Waals surface area contributed by atoms with Crippen LogP contribution in [0.5, 0.6) is 11.5 Å². The van der Waals surface area contributed by atoms with Crippen molar-refractivity contribution in [2.24, 2.45) is 0 Å². The van der Waals surface area contributed by atoms with Crippen molar-refractivity contribution >= 4 is 11.9 Å². The Morgan fingerprint density at radius 3 is 2.58 bits per heavy atom. The molecule has 0 aliphatic heterocycles.